The molecule has 3 aromatic rings. The van der Waals surface area contributed by atoms with Crippen molar-refractivity contribution in [2.45, 2.75) is 44.2 Å². The molecule has 0 radical (unpaired) electrons. The van der Waals surface area contributed by atoms with Crippen LogP contribution in [0.25, 0.3) is 0 Å². The Bertz CT molecular complexity index is 1300. The van der Waals surface area contributed by atoms with Crippen LogP contribution in [-0.4, -0.2) is 50.3 Å². The summed E-state index contributed by atoms with van der Waals surface area (Å²) < 4.78 is 28.4. The molecule has 0 spiro atoms. The summed E-state index contributed by atoms with van der Waals surface area (Å²) in [6.07, 6.45) is 0.503. The van der Waals surface area contributed by atoms with E-state index in [9.17, 15) is 18.0 Å². The lowest BCUT2D eigenvalue weighted by Gasteiger charge is -2.32. The standard InChI is InChI=1S/C28H32ClN3O4S/c1-21(2)30-28(34)22(3)31(19-18-23-12-6-4-7-13-23)27(33)20-32(26-17-11-10-16-25(26)29)37(35,36)24-14-8-5-9-15-24/h4-17,21-22H,18-20H2,1-3H3,(H,30,34)/t22-/m1/s1. The lowest BCUT2D eigenvalue weighted by molar-refractivity contribution is -0.139. The smallest absolute Gasteiger partial charge is 0.264 e. The quantitative estimate of drug-likeness (QED) is 0.387. The summed E-state index contributed by atoms with van der Waals surface area (Å²) in [5.41, 5.74) is 1.18. The van der Waals surface area contributed by atoms with Crippen molar-refractivity contribution in [1.82, 2.24) is 10.2 Å². The molecule has 0 heterocycles. The van der Waals surface area contributed by atoms with Gasteiger partial charge < -0.3 is 10.2 Å². The Morgan fingerprint density at radius 3 is 2.03 bits per heavy atom. The number of sulfonamides is 1. The van der Waals surface area contributed by atoms with Crippen molar-refractivity contribution in [3.05, 3.63) is 95.5 Å². The number of carbonyl (C=O) groups excluding carboxylic acids is 2. The number of hydrogen-bond donors (Lipinski definition) is 1. The van der Waals surface area contributed by atoms with Gasteiger partial charge in [-0.3, -0.25) is 13.9 Å². The highest BCUT2D eigenvalue weighted by molar-refractivity contribution is 7.92. The SMILES string of the molecule is CC(C)NC(=O)[C@@H](C)N(CCc1ccccc1)C(=O)CN(c1ccccc1Cl)S(=O)(=O)c1ccccc1. The number of amides is 2. The third kappa shape index (κ3) is 7.33. The Kier molecular flexibility index (Phi) is 9.72. The average Bonchev–Trinajstić information content (AvgIpc) is 2.88. The zero-order chi connectivity index (χ0) is 27.0. The number of rotatable bonds is 11. The topological polar surface area (TPSA) is 86.8 Å². The highest BCUT2D eigenvalue weighted by Gasteiger charge is 2.33. The van der Waals surface area contributed by atoms with Gasteiger partial charge in [0.2, 0.25) is 11.8 Å². The lowest BCUT2D eigenvalue weighted by Crippen LogP contribution is -2.53. The molecule has 0 aliphatic carbocycles. The second-order valence-electron chi connectivity index (χ2n) is 8.94. The summed E-state index contributed by atoms with van der Waals surface area (Å²) in [5, 5.41) is 3.03. The van der Waals surface area contributed by atoms with E-state index in [1.807, 2.05) is 44.2 Å². The molecule has 3 aromatic carbocycles. The number of nitrogens with one attached hydrogen (secondary N) is 1. The summed E-state index contributed by atoms with van der Waals surface area (Å²) in [7, 11) is -4.14. The molecule has 0 saturated carbocycles. The van der Waals surface area contributed by atoms with Gasteiger partial charge in [0.1, 0.15) is 12.6 Å². The molecular weight excluding hydrogens is 510 g/mol. The van der Waals surface area contributed by atoms with Crippen molar-refractivity contribution < 1.29 is 18.0 Å². The molecule has 1 N–H and O–H groups in total. The molecule has 1 atom stereocenters. The summed E-state index contributed by atoms with van der Waals surface area (Å²) in [5.74, 6) is -0.826. The van der Waals surface area contributed by atoms with Gasteiger partial charge in [-0.1, -0.05) is 72.3 Å². The molecule has 0 fully saturated rings. The highest BCUT2D eigenvalue weighted by Crippen LogP contribution is 2.30. The molecule has 196 valence electrons. The van der Waals surface area contributed by atoms with Crippen molar-refractivity contribution in [3.63, 3.8) is 0 Å². The van der Waals surface area contributed by atoms with E-state index in [1.54, 1.807) is 49.4 Å². The molecule has 0 aliphatic rings. The summed E-state index contributed by atoms with van der Waals surface area (Å²) in [4.78, 5) is 28.1. The van der Waals surface area contributed by atoms with E-state index in [0.717, 1.165) is 9.87 Å². The summed E-state index contributed by atoms with van der Waals surface area (Å²) in [6.45, 7) is 5.04. The van der Waals surface area contributed by atoms with Crippen molar-refractivity contribution in [3.8, 4) is 0 Å². The van der Waals surface area contributed by atoms with Gasteiger partial charge in [-0.15, -0.1) is 0 Å². The Hall–Kier alpha value is -3.36. The molecule has 0 aromatic heterocycles. The number of nitrogens with zero attached hydrogens (tertiary/aromatic N) is 2. The Labute approximate surface area is 224 Å². The van der Waals surface area contributed by atoms with Gasteiger partial charge >= 0.3 is 0 Å². The fourth-order valence-electron chi connectivity index (χ4n) is 3.86. The number of halogens is 1. The van der Waals surface area contributed by atoms with Crippen LogP contribution in [-0.2, 0) is 26.0 Å². The third-order valence-electron chi connectivity index (χ3n) is 5.81. The van der Waals surface area contributed by atoms with Crippen molar-refractivity contribution in [2.24, 2.45) is 0 Å². The fraction of sp³-hybridized carbons (Fsp3) is 0.286. The van der Waals surface area contributed by atoms with Gasteiger partial charge in [0.05, 0.1) is 15.6 Å². The van der Waals surface area contributed by atoms with Crippen LogP contribution in [0.4, 0.5) is 5.69 Å². The Morgan fingerprint density at radius 2 is 1.43 bits per heavy atom. The van der Waals surface area contributed by atoms with Gasteiger partial charge in [-0.2, -0.15) is 0 Å². The predicted octanol–water partition coefficient (Wildman–Crippen LogP) is 4.52. The third-order valence-corrected chi connectivity index (χ3v) is 7.91. The largest absolute Gasteiger partial charge is 0.352 e. The van der Waals surface area contributed by atoms with Crippen LogP contribution in [0.15, 0.2) is 89.8 Å². The van der Waals surface area contributed by atoms with E-state index in [4.69, 9.17) is 11.6 Å². The van der Waals surface area contributed by atoms with E-state index >= 15 is 0 Å². The Balaban J connectivity index is 1.97. The summed E-state index contributed by atoms with van der Waals surface area (Å²) in [6, 6.07) is 23.0. The molecule has 0 saturated heterocycles. The van der Waals surface area contributed by atoms with Gasteiger partial charge in [-0.25, -0.2) is 8.42 Å². The van der Waals surface area contributed by atoms with Crippen LogP contribution in [0.5, 0.6) is 0 Å². The maximum Gasteiger partial charge on any atom is 0.264 e. The predicted molar refractivity (Wildman–Crippen MR) is 147 cm³/mol. The number of benzene rings is 3. The van der Waals surface area contributed by atoms with Crippen molar-refractivity contribution in [2.75, 3.05) is 17.4 Å². The van der Waals surface area contributed by atoms with Crippen molar-refractivity contribution in [1.29, 1.82) is 0 Å². The molecule has 0 bridgehead atoms. The van der Waals surface area contributed by atoms with E-state index in [0.29, 0.717) is 6.42 Å². The van der Waals surface area contributed by atoms with Crippen LogP contribution >= 0.6 is 11.6 Å². The van der Waals surface area contributed by atoms with Gasteiger partial charge in [0.15, 0.2) is 0 Å². The van der Waals surface area contributed by atoms with E-state index < -0.39 is 28.5 Å². The molecule has 37 heavy (non-hydrogen) atoms. The van der Waals surface area contributed by atoms with Crippen LogP contribution < -0.4 is 9.62 Å². The number of hydrogen-bond acceptors (Lipinski definition) is 4. The molecule has 9 heteroatoms. The minimum absolute atomic E-state index is 0.0316. The number of carbonyl (C=O) groups is 2. The minimum Gasteiger partial charge on any atom is -0.352 e. The van der Waals surface area contributed by atoms with Gasteiger partial charge in [-0.05, 0) is 57.0 Å². The normalized spacial score (nSPS) is 12.1. The molecule has 0 aliphatic heterocycles. The van der Waals surface area contributed by atoms with Crippen LogP contribution in [0.2, 0.25) is 5.02 Å². The maximum atomic E-state index is 13.8. The Morgan fingerprint density at radius 1 is 0.865 bits per heavy atom. The maximum absolute atomic E-state index is 13.8. The number of anilines is 1. The first-order valence-corrected chi connectivity index (χ1v) is 13.9. The van der Waals surface area contributed by atoms with E-state index in [-0.39, 0.29) is 34.1 Å². The molecule has 3 rings (SSSR count). The molecule has 7 nitrogen and oxygen atoms in total. The highest BCUT2D eigenvalue weighted by atomic mass is 35.5. The van der Waals surface area contributed by atoms with E-state index in [2.05, 4.69) is 5.32 Å². The zero-order valence-electron chi connectivity index (χ0n) is 21.2. The summed E-state index contributed by atoms with van der Waals surface area (Å²) >= 11 is 6.39. The van der Waals surface area contributed by atoms with Gasteiger partial charge in [0.25, 0.3) is 10.0 Å². The van der Waals surface area contributed by atoms with Crippen molar-refractivity contribution >= 4 is 39.1 Å². The zero-order valence-corrected chi connectivity index (χ0v) is 22.7. The average molecular weight is 542 g/mol. The first-order chi connectivity index (χ1) is 17.6. The van der Waals surface area contributed by atoms with Crippen LogP contribution in [0.3, 0.4) is 0 Å². The molecule has 2 amide bonds. The fourth-order valence-corrected chi connectivity index (χ4v) is 5.60. The van der Waals surface area contributed by atoms with Crippen LogP contribution in [0, 0.1) is 0 Å². The number of para-hydroxylation sites is 1. The second kappa shape index (κ2) is 12.7. The van der Waals surface area contributed by atoms with E-state index in [1.165, 1.54) is 17.0 Å². The second-order valence-corrected chi connectivity index (χ2v) is 11.2. The first-order valence-electron chi connectivity index (χ1n) is 12.1. The van der Waals surface area contributed by atoms with Gasteiger partial charge in [0, 0.05) is 12.6 Å². The molecule has 0 unspecified atom stereocenters. The lowest BCUT2D eigenvalue weighted by atomic mass is 10.1. The monoisotopic (exact) mass is 541 g/mol. The van der Waals surface area contributed by atoms with Crippen LogP contribution in [0.1, 0.15) is 26.3 Å². The first kappa shape index (κ1) is 28.2. The minimum atomic E-state index is -4.14. The molecular formula is C28H32ClN3O4S.